The number of nitrogens with one attached hydrogen (secondary N) is 1. The predicted octanol–water partition coefficient (Wildman–Crippen LogP) is 3.45. The van der Waals surface area contributed by atoms with E-state index in [-0.39, 0.29) is 24.2 Å². The molecule has 5 nitrogen and oxygen atoms in total. The number of carbonyl (C=O) groups is 2. The van der Waals surface area contributed by atoms with Crippen molar-refractivity contribution in [2.45, 2.75) is 39.8 Å². The van der Waals surface area contributed by atoms with Crippen molar-refractivity contribution in [3.05, 3.63) is 65.2 Å². The van der Waals surface area contributed by atoms with E-state index in [1.54, 1.807) is 4.90 Å². The third-order valence-electron chi connectivity index (χ3n) is 5.19. The van der Waals surface area contributed by atoms with E-state index >= 15 is 0 Å². The van der Waals surface area contributed by atoms with E-state index in [1.807, 2.05) is 55.5 Å². The monoisotopic (exact) mass is 380 g/mol. The van der Waals surface area contributed by atoms with Gasteiger partial charge >= 0.3 is 0 Å². The van der Waals surface area contributed by atoms with Gasteiger partial charge in [-0.2, -0.15) is 0 Å². The highest BCUT2D eigenvalue weighted by molar-refractivity contribution is 6.00. The van der Waals surface area contributed by atoms with Gasteiger partial charge < -0.3 is 15.0 Å². The molecule has 0 bridgehead atoms. The van der Waals surface area contributed by atoms with Crippen LogP contribution in [-0.4, -0.2) is 25.0 Å². The summed E-state index contributed by atoms with van der Waals surface area (Å²) in [4.78, 5) is 26.8. The Hall–Kier alpha value is -2.66. The topological polar surface area (TPSA) is 58.6 Å². The fourth-order valence-corrected chi connectivity index (χ4v) is 3.45. The fourth-order valence-electron chi connectivity index (χ4n) is 3.45. The van der Waals surface area contributed by atoms with E-state index in [9.17, 15) is 9.59 Å². The number of benzene rings is 2. The Morgan fingerprint density at radius 1 is 1.11 bits per heavy atom. The van der Waals surface area contributed by atoms with Crippen LogP contribution in [0.1, 0.15) is 37.0 Å². The van der Waals surface area contributed by atoms with Gasteiger partial charge in [0.2, 0.25) is 11.8 Å². The van der Waals surface area contributed by atoms with Crippen LogP contribution < -0.4 is 10.2 Å². The maximum atomic E-state index is 12.6. The molecule has 1 atom stereocenters. The molecule has 0 aliphatic carbocycles. The standard InChI is InChI=1S/C23H28N2O3/c1-3-17-9-11-21(12-10-17)25-15-20(13-22(25)26)23(27)24-14-18-7-5-6-8-19(18)16-28-4-2/h5-12,20H,3-4,13-16H2,1-2H3,(H,24,27). The van der Waals surface area contributed by atoms with Crippen molar-refractivity contribution in [3.63, 3.8) is 0 Å². The maximum absolute atomic E-state index is 12.6. The molecule has 0 saturated carbocycles. The minimum absolute atomic E-state index is 0.00106. The molecule has 1 aliphatic rings. The lowest BCUT2D eigenvalue weighted by Crippen LogP contribution is -2.32. The van der Waals surface area contributed by atoms with Gasteiger partial charge in [0.05, 0.1) is 12.5 Å². The normalized spacial score (nSPS) is 16.4. The first-order valence-corrected chi connectivity index (χ1v) is 9.93. The van der Waals surface area contributed by atoms with Crippen molar-refractivity contribution in [3.8, 4) is 0 Å². The average molecular weight is 380 g/mol. The van der Waals surface area contributed by atoms with Crippen molar-refractivity contribution in [1.29, 1.82) is 0 Å². The summed E-state index contributed by atoms with van der Waals surface area (Å²) in [6, 6.07) is 15.9. The van der Waals surface area contributed by atoms with E-state index in [4.69, 9.17) is 4.74 Å². The van der Waals surface area contributed by atoms with Crippen molar-refractivity contribution in [1.82, 2.24) is 5.32 Å². The lowest BCUT2D eigenvalue weighted by molar-refractivity contribution is -0.126. The Morgan fingerprint density at radius 2 is 1.82 bits per heavy atom. The lowest BCUT2D eigenvalue weighted by atomic mass is 10.1. The summed E-state index contributed by atoms with van der Waals surface area (Å²) < 4.78 is 5.50. The summed E-state index contributed by atoms with van der Waals surface area (Å²) in [5, 5.41) is 3.00. The van der Waals surface area contributed by atoms with Crippen LogP contribution in [0.15, 0.2) is 48.5 Å². The second kappa shape index (κ2) is 9.51. The van der Waals surface area contributed by atoms with Crippen molar-refractivity contribution < 1.29 is 14.3 Å². The van der Waals surface area contributed by atoms with Crippen LogP contribution in [-0.2, 0) is 33.9 Å². The number of hydrogen-bond donors (Lipinski definition) is 1. The van der Waals surface area contributed by atoms with Crippen LogP contribution in [0.2, 0.25) is 0 Å². The maximum Gasteiger partial charge on any atom is 0.227 e. The highest BCUT2D eigenvalue weighted by atomic mass is 16.5. The number of anilines is 1. The Labute approximate surface area is 166 Å². The fraction of sp³-hybridized carbons (Fsp3) is 0.391. The molecule has 148 valence electrons. The van der Waals surface area contributed by atoms with E-state index in [0.29, 0.717) is 26.3 Å². The summed E-state index contributed by atoms with van der Waals surface area (Å²) in [5.41, 5.74) is 4.21. The van der Waals surface area contributed by atoms with Gasteiger partial charge in [0.15, 0.2) is 0 Å². The van der Waals surface area contributed by atoms with Crippen LogP contribution >= 0.6 is 0 Å². The highest BCUT2D eigenvalue weighted by Crippen LogP contribution is 2.25. The molecule has 0 spiro atoms. The summed E-state index contributed by atoms with van der Waals surface area (Å²) in [7, 11) is 0. The molecule has 0 radical (unpaired) electrons. The van der Waals surface area contributed by atoms with Crippen molar-refractivity contribution in [2.75, 3.05) is 18.1 Å². The van der Waals surface area contributed by atoms with Gasteiger partial charge in [-0.05, 0) is 42.2 Å². The summed E-state index contributed by atoms with van der Waals surface area (Å²) >= 11 is 0. The molecular formula is C23H28N2O3. The molecule has 0 aromatic heterocycles. The molecule has 1 heterocycles. The lowest BCUT2D eigenvalue weighted by Gasteiger charge is -2.17. The van der Waals surface area contributed by atoms with Crippen LogP contribution in [0.5, 0.6) is 0 Å². The van der Waals surface area contributed by atoms with E-state index in [2.05, 4.69) is 12.2 Å². The van der Waals surface area contributed by atoms with Crippen LogP contribution in [0, 0.1) is 5.92 Å². The first kappa shape index (κ1) is 20.1. The third-order valence-corrected chi connectivity index (χ3v) is 5.19. The molecule has 2 amide bonds. The largest absolute Gasteiger partial charge is 0.377 e. The number of rotatable bonds is 8. The predicted molar refractivity (Wildman–Crippen MR) is 110 cm³/mol. The van der Waals surface area contributed by atoms with Gasteiger partial charge in [-0.15, -0.1) is 0 Å². The average Bonchev–Trinajstić information content (AvgIpc) is 3.12. The molecule has 1 fully saturated rings. The van der Waals surface area contributed by atoms with Gasteiger partial charge in [0, 0.05) is 31.8 Å². The quantitative estimate of drug-likeness (QED) is 0.763. The molecule has 1 aliphatic heterocycles. The van der Waals surface area contributed by atoms with Gasteiger partial charge in [-0.1, -0.05) is 43.3 Å². The first-order chi connectivity index (χ1) is 13.6. The van der Waals surface area contributed by atoms with Crippen molar-refractivity contribution >= 4 is 17.5 Å². The molecule has 1 saturated heterocycles. The molecule has 28 heavy (non-hydrogen) atoms. The number of amides is 2. The second-order valence-electron chi connectivity index (χ2n) is 7.05. The number of nitrogens with zero attached hydrogens (tertiary/aromatic N) is 1. The SMILES string of the molecule is CCOCc1ccccc1CNC(=O)C1CC(=O)N(c2ccc(CC)cc2)C1. The third kappa shape index (κ3) is 4.78. The Morgan fingerprint density at radius 3 is 2.50 bits per heavy atom. The van der Waals surface area contributed by atoms with Gasteiger partial charge in [-0.25, -0.2) is 0 Å². The van der Waals surface area contributed by atoms with Crippen LogP contribution in [0.25, 0.3) is 0 Å². The number of ether oxygens (including phenoxy) is 1. The molecule has 3 rings (SSSR count). The molecule has 2 aromatic rings. The molecular weight excluding hydrogens is 352 g/mol. The first-order valence-electron chi connectivity index (χ1n) is 9.93. The van der Waals surface area contributed by atoms with Crippen molar-refractivity contribution in [2.24, 2.45) is 5.92 Å². The van der Waals surface area contributed by atoms with Crippen LogP contribution in [0.4, 0.5) is 5.69 Å². The van der Waals surface area contributed by atoms with Gasteiger partial charge in [0.1, 0.15) is 0 Å². The van der Waals surface area contributed by atoms with E-state index < -0.39 is 0 Å². The Kier molecular flexibility index (Phi) is 6.82. The molecule has 5 heteroatoms. The number of aryl methyl sites for hydroxylation is 1. The van der Waals surface area contributed by atoms with Crippen LogP contribution in [0.3, 0.4) is 0 Å². The molecule has 2 aromatic carbocycles. The minimum atomic E-state index is -0.322. The molecule has 1 N–H and O–H groups in total. The summed E-state index contributed by atoms with van der Waals surface area (Å²) in [6.45, 7) is 6.12. The zero-order valence-corrected chi connectivity index (χ0v) is 16.6. The van der Waals surface area contributed by atoms with E-state index in [1.165, 1.54) is 5.56 Å². The minimum Gasteiger partial charge on any atom is -0.377 e. The van der Waals surface area contributed by atoms with E-state index in [0.717, 1.165) is 23.2 Å². The smallest absolute Gasteiger partial charge is 0.227 e. The summed E-state index contributed by atoms with van der Waals surface area (Å²) in [5.74, 6) is -0.397. The second-order valence-corrected chi connectivity index (χ2v) is 7.05. The zero-order chi connectivity index (χ0) is 19.9. The highest BCUT2D eigenvalue weighted by Gasteiger charge is 2.35. The Balaban J connectivity index is 1.59. The number of hydrogen-bond acceptors (Lipinski definition) is 3. The Bertz CT molecular complexity index is 817. The summed E-state index contributed by atoms with van der Waals surface area (Å²) in [6.07, 6.45) is 1.21. The van der Waals surface area contributed by atoms with Gasteiger partial charge in [-0.3, -0.25) is 9.59 Å². The zero-order valence-electron chi connectivity index (χ0n) is 16.6. The van der Waals surface area contributed by atoms with Gasteiger partial charge in [0.25, 0.3) is 0 Å². The molecule has 1 unspecified atom stereocenters. The number of carbonyl (C=O) groups excluding carboxylic acids is 2.